The van der Waals surface area contributed by atoms with E-state index >= 15 is 0 Å². The molecule has 0 amide bonds. The van der Waals surface area contributed by atoms with Gasteiger partial charge < -0.3 is 10.2 Å². The van der Waals surface area contributed by atoms with Crippen LogP contribution in [0.25, 0.3) is 0 Å². The maximum atomic E-state index is 6.14. The van der Waals surface area contributed by atoms with Gasteiger partial charge in [-0.1, -0.05) is 29.3 Å². The van der Waals surface area contributed by atoms with E-state index in [4.69, 9.17) is 23.2 Å². The van der Waals surface area contributed by atoms with E-state index < -0.39 is 0 Å². The number of nitrogens with one attached hydrogen (secondary N) is 1. The maximum absolute atomic E-state index is 6.14. The Morgan fingerprint density at radius 2 is 2.22 bits per heavy atom. The van der Waals surface area contributed by atoms with Crippen molar-refractivity contribution in [3.05, 3.63) is 33.8 Å². The fourth-order valence-corrected chi connectivity index (χ4v) is 2.99. The standard InChI is InChI=1S/C14H20Cl2N2/c1-18-6-2-3-11(10-18)8-17-9-12-4-5-13(15)7-14(12)16/h4-5,7,11,17H,2-3,6,8-10H2,1H3. The first kappa shape index (κ1) is 14.1. The third kappa shape index (κ3) is 4.13. The quantitative estimate of drug-likeness (QED) is 0.912. The molecule has 0 aliphatic carbocycles. The third-order valence-electron chi connectivity index (χ3n) is 3.49. The van der Waals surface area contributed by atoms with Crippen LogP contribution in [0.5, 0.6) is 0 Å². The molecule has 1 aliphatic heterocycles. The molecular formula is C14H20Cl2N2. The predicted molar refractivity (Wildman–Crippen MR) is 78.4 cm³/mol. The minimum Gasteiger partial charge on any atom is -0.312 e. The first-order valence-electron chi connectivity index (χ1n) is 6.48. The smallest absolute Gasteiger partial charge is 0.0465 e. The molecule has 0 aromatic heterocycles. The van der Waals surface area contributed by atoms with Crippen molar-refractivity contribution in [2.45, 2.75) is 19.4 Å². The van der Waals surface area contributed by atoms with E-state index in [1.54, 1.807) is 6.07 Å². The summed E-state index contributed by atoms with van der Waals surface area (Å²) in [5.74, 6) is 0.759. The summed E-state index contributed by atoms with van der Waals surface area (Å²) in [5.41, 5.74) is 1.12. The van der Waals surface area contributed by atoms with E-state index in [1.807, 2.05) is 12.1 Å². The summed E-state index contributed by atoms with van der Waals surface area (Å²) in [6, 6.07) is 5.68. The average molecular weight is 287 g/mol. The van der Waals surface area contributed by atoms with Gasteiger partial charge in [0.2, 0.25) is 0 Å². The Hall–Kier alpha value is -0.280. The van der Waals surface area contributed by atoms with Crippen molar-refractivity contribution in [1.82, 2.24) is 10.2 Å². The van der Waals surface area contributed by atoms with Crippen molar-refractivity contribution in [3.8, 4) is 0 Å². The van der Waals surface area contributed by atoms with Crippen LogP contribution in [0.2, 0.25) is 10.0 Å². The van der Waals surface area contributed by atoms with Gasteiger partial charge in [-0.3, -0.25) is 0 Å². The van der Waals surface area contributed by atoms with Crippen LogP contribution in [0.15, 0.2) is 18.2 Å². The number of hydrogen-bond donors (Lipinski definition) is 1. The number of halogens is 2. The van der Waals surface area contributed by atoms with E-state index in [-0.39, 0.29) is 0 Å². The average Bonchev–Trinajstić information content (AvgIpc) is 2.32. The lowest BCUT2D eigenvalue weighted by Crippen LogP contribution is -2.37. The van der Waals surface area contributed by atoms with Gasteiger partial charge in [-0.25, -0.2) is 0 Å². The second-order valence-corrected chi connectivity index (χ2v) is 5.98. The molecule has 2 nitrogen and oxygen atoms in total. The zero-order valence-corrected chi connectivity index (χ0v) is 12.3. The Morgan fingerprint density at radius 3 is 2.94 bits per heavy atom. The van der Waals surface area contributed by atoms with Gasteiger partial charge >= 0.3 is 0 Å². The van der Waals surface area contributed by atoms with Gasteiger partial charge in [-0.05, 0) is 56.6 Å². The SMILES string of the molecule is CN1CCCC(CNCc2ccc(Cl)cc2Cl)C1. The van der Waals surface area contributed by atoms with Crippen molar-refractivity contribution in [3.63, 3.8) is 0 Å². The van der Waals surface area contributed by atoms with Gasteiger partial charge in [0.1, 0.15) is 0 Å². The number of nitrogens with zero attached hydrogens (tertiary/aromatic N) is 1. The molecule has 1 fully saturated rings. The van der Waals surface area contributed by atoms with Crippen molar-refractivity contribution >= 4 is 23.2 Å². The minimum atomic E-state index is 0.692. The molecule has 1 heterocycles. The maximum Gasteiger partial charge on any atom is 0.0465 e. The number of likely N-dealkylation sites (tertiary alicyclic amines) is 1. The number of piperidine rings is 1. The van der Waals surface area contributed by atoms with Crippen LogP contribution in [0, 0.1) is 5.92 Å². The van der Waals surface area contributed by atoms with Crippen molar-refractivity contribution in [2.75, 3.05) is 26.7 Å². The van der Waals surface area contributed by atoms with Gasteiger partial charge in [-0.15, -0.1) is 0 Å². The molecule has 18 heavy (non-hydrogen) atoms. The van der Waals surface area contributed by atoms with E-state index in [0.29, 0.717) is 5.02 Å². The van der Waals surface area contributed by atoms with E-state index in [0.717, 1.165) is 29.6 Å². The molecular weight excluding hydrogens is 267 g/mol. The lowest BCUT2D eigenvalue weighted by atomic mass is 9.98. The second kappa shape index (κ2) is 6.76. The Kier molecular flexibility index (Phi) is 5.31. The molecule has 1 aromatic rings. The molecule has 0 bridgehead atoms. The summed E-state index contributed by atoms with van der Waals surface area (Å²) in [5, 5.41) is 4.94. The largest absolute Gasteiger partial charge is 0.312 e. The van der Waals surface area contributed by atoms with Crippen LogP contribution in [-0.4, -0.2) is 31.6 Å². The third-order valence-corrected chi connectivity index (χ3v) is 4.07. The Labute approximate surface area is 119 Å². The molecule has 1 atom stereocenters. The van der Waals surface area contributed by atoms with E-state index in [9.17, 15) is 0 Å². The lowest BCUT2D eigenvalue weighted by Gasteiger charge is -2.29. The molecule has 0 spiro atoms. The summed E-state index contributed by atoms with van der Waals surface area (Å²) < 4.78 is 0. The number of rotatable bonds is 4. The molecule has 1 saturated heterocycles. The summed E-state index contributed by atoms with van der Waals surface area (Å²) in [7, 11) is 2.20. The van der Waals surface area contributed by atoms with Crippen LogP contribution < -0.4 is 5.32 Å². The summed E-state index contributed by atoms with van der Waals surface area (Å²) in [6.07, 6.45) is 2.64. The normalized spacial score (nSPS) is 21.2. The lowest BCUT2D eigenvalue weighted by molar-refractivity contribution is 0.206. The first-order chi connectivity index (χ1) is 8.65. The predicted octanol–water partition coefficient (Wildman–Crippen LogP) is 3.42. The second-order valence-electron chi connectivity index (χ2n) is 5.14. The Morgan fingerprint density at radius 1 is 1.39 bits per heavy atom. The summed E-state index contributed by atoms with van der Waals surface area (Å²) in [6.45, 7) is 4.31. The van der Waals surface area contributed by atoms with Crippen LogP contribution in [0.4, 0.5) is 0 Å². The molecule has 0 radical (unpaired) electrons. The fraction of sp³-hybridized carbons (Fsp3) is 0.571. The van der Waals surface area contributed by atoms with Crippen LogP contribution in [0.3, 0.4) is 0 Å². The molecule has 100 valence electrons. The fourth-order valence-electron chi connectivity index (χ4n) is 2.52. The van der Waals surface area contributed by atoms with Crippen LogP contribution >= 0.6 is 23.2 Å². The van der Waals surface area contributed by atoms with Gasteiger partial charge in [0.25, 0.3) is 0 Å². The van der Waals surface area contributed by atoms with Crippen LogP contribution in [0.1, 0.15) is 18.4 Å². The molecule has 4 heteroatoms. The van der Waals surface area contributed by atoms with Crippen molar-refractivity contribution in [2.24, 2.45) is 5.92 Å². The van der Waals surface area contributed by atoms with Gasteiger partial charge in [0, 0.05) is 23.1 Å². The summed E-state index contributed by atoms with van der Waals surface area (Å²) in [4.78, 5) is 2.41. The molecule has 1 aromatic carbocycles. The highest BCUT2D eigenvalue weighted by atomic mass is 35.5. The Bertz CT molecular complexity index is 395. The topological polar surface area (TPSA) is 15.3 Å². The van der Waals surface area contributed by atoms with Crippen molar-refractivity contribution < 1.29 is 0 Å². The van der Waals surface area contributed by atoms with Gasteiger partial charge in [0.05, 0.1) is 0 Å². The Balaban J connectivity index is 1.77. The molecule has 1 N–H and O–H groups in total. The van der Waals surface area contributed by atoms with Crippen LogP contribution in [-0.2, 0) is 6.54 Å². The zero-order valence-electron chi connectivity index (χ0n) is 10.8. The number of benzene rings is 1. The molecule has 1 unspecified atom stereocenters. The monoisotopic (exact) mass is 286 g/mol. The molecule has 1 aliphatic rings. The molecule has 0 saturated carbocycles. The van der Waals surface area contributed by atoms with E-state index in [1.165, 1.54) is 25.9 Å². The zero-order chi connectivity index (χ0) is 13.0. The highest BCUT2D eigenvalue weighted by Gasteiger charge is 2.16. The van der Waals surface area contributed by atoms with Gasteiger partial charge in [0.15, 0.2) is 0 Å². The number of hydrogen-bond acceptors (Lipinski definition) is 2. The van der Waals surface area contributed by atoms with E-state index in [2.05, 4.69) is 17.3 Å². The highest BCUT2D eigenvalue weighted by Crippen LogP contribution is 2.21. The molecule has 2 rings (SSSR count). The summed E-state index contributed by atoms with van der Waals surface area (Å²) >= 11 is 12.0. The highest BCUT2D eigenvalue weighted by molar-refractivity contribution is 6.35. The first-order valence-corrected chi connectivity index (χ1v) is 7.24. The van der Waals surface area contributed by atoms with Crippen molar-refractivity contribution in [1.29, 1.82) is 0 Å². The minimum absolute atomic E-state index is 0.692. The van der Waals surface area contributed by atoms with Gasteiger partial charge in [-0.2, -0.15) is 0 Å².